The largest absolute Gasteiger partial charge is 0.481 e. The molecule has 0 aromatic rings. The fourth-order valence-electron chi connectivity index (χ4n) is 3.02. The molecule has 4 heteroatoms. The van der Waals surface area contributed by atoms with Gasteiger partial charge in [-0.1, -0.05) is 34.6 Å². The lowest BCUT2D eigenvalue weighted by molar-refractivity contribution is -0.158. The predicted molar refractivity (Wildman–Crippen MR) is 65.8 cm³/mol. The van der Waals surface area contributed by atoms with Gasteiger partial charge in [-0.15, -0.1) is 0 Å². The van der Waals surface area contributed by atoms with Gasteiger partial charge in [0.1, 0.15) is 0 Å². The maximum absolute atomic E-state index is 11.4. The van der Waals surface area contributed by atoms with E-state index < -0.39 is 23.3 Å². The highest BCUT2D eigenvalue weighted by atomic mass is 16.4. The van der Waals surface area contributed by atoms with E-state index in [1.54, 1.807) is 0 Å². The SMILES string of the molecule is CCC(CC)(C(CC(=O)O)C(=O)O)C(C)(C)C. The van der Waals surface area contributed by atoms with Crippen molar-refractivity contribution in [3.8, 4) is 0 Å². The predicted octanol–water partition coefficient (Wildman–Crippen LogP) is 3.01. The summed E-state index contributed by atoms with van der Waals surface area (Å²) in [6, 6.07) is 0. The van der Waals surface area contributed by atoms with E-state index in [1.807, 2.05) is 34.6 Å². The summed E-state index contributed by atoms with van der Waals surface area (Å²) in [5, 5.41) is 18.2. The van der Waals surface area contributed by atoms with Crippen LogP contribution in [0.1, 0.15) is 53.9 Å². The van der Waals surface area contributed by atoms with Crippen LogP contribution in [0.2, 0.25) is 0 Å². The number of hydrogen-bond donors (Lipinski definition) is 2. The first-order valence-electron chi connectivity index (χ1n) is 6.07. The topological polar surface area (TPSA) is 74.6 Å². The Kier molecular flexibility index (Phi) is 5.17. The van der Waals surface area contributed by atoms with Gasteiger partial charge >= 0.3 is 11.9 Å². The molecule has 0 aliphatic rings. The molecule has 100 valence electrons. The fourth-order valence-corrected chi connectivity index (χ4v) is 3.02. The Morgan fingerprint density at radius 3 is 1.65 bits per heavy atom. The Balaban J connectivity index is 5.52. The minimum Gasteiger partial charge on any atom is -0.481 e. The summed E-state index contributed by atoms with van der Waals surface area (Å²) in [6.07, 6.45) is 1.02. The standard InChI is InChI=1S/C13H24O4/c1-6-13(7-2,12(3,4)5)9(11(16)17)8-10(14)15/h9H,6-8H2,1-5H3,(H,14,15)(H,16,17). The maximum Gasteiger partial charge on any atom is 0.307 e. The Labute approximate surface area is 103 Å². The molecule has 0 aliphatic carbocycles. The average Bonchev–Trinajstić information content (AvgIpc) is 2.15. The summed E-state index contributed by atoms with van der Waals surface area (Å²) in [5.74, 6) is -2.89. The van der Waals surface area contributed by atoms with Crippen molar-refractivity contribution in [3.05, 3.63) is 0 Å². The van der Waals surface area contributed by atoms with E-state index in [0.717, 1.165) is 0 Å². The van der Waals surface area contributed by atoms with Crippen molar-refractivity contribution in [2.24, 2.45) is 16.7 Å². The third-order valence-electron chi connectivity index (χ3n) is 4.10. The molecule has 0 aromatic carbocycles. The molecule has 1 atom stereocenters. The molecule has 0 saturated carbocycles. The van der Waals surface area contributed by atoms with Crippen molar-refractivity contribution < 1.29 is 19.8 Å². The normalized spacial score (nSPS) is 14.4. The Bertz CT molecular complexity index is 284. The second-order valence-electron chi connectivity index (χ2n) is 5.60. The lowest BCUT2D eigenvalue weighted by Crippen LogP contribution is -2.45. The van der Waals surface area contributed by atoms with E-state index in [-0.39, 0.29) is 11.8 Å². The summed E-state index contributed by atoms with van der Waals surface area (Å²) in [5.41, 5.74) is -0.730. The molecular formula is C13H24O4. The van der Waals surface area contributed by atoms with Crippen molar-refractivity contribution in [1.29, 1.82) is 0 Å². The van der Waals surface area contributed by atoms with Crippen molar-refractivity contribution in [2.75, 3.05) is 0 Å². The zero-order valence-corrected chi connectivity index (χ0v) is 11.4. The van der Waals surface area contributed by atoms with Crippen LogP contribution in [-0.4, -0.2) is 22.2 Å². The van der Waals surface area contributed by atoms with Gasteiger partial charge in [-0.05, 0) is 23.7 Å². The highest BCUT2D eigenvalue weighted by Gasteiger charge is 2.49. The zero-order chi connectivity index (χ0) is 13.9. The van der Waals surface area contributed by atoms with E-state index in [2.05, 4.69) is 0 Å². The van der Waals surface area contributed by atoms with Gasteiger partial charge in [-0.2, -0.15) is 0 Å². The number of hydrogen-bond acceptors (Lipinski definition) is 2. The molecule has 0 fully saturated rings. The molecule has 17 heavy (non-hydrogen) atoms. The minimum absolute atomic E-state index is 0.241. The molecule has 0 spiro atoms. The number of carboxylic acid groups (broad SMARTS) is 2. The van der Waals surface area contributed by atoms with Crippen molar-refractivity contribution in [3.63, 3.8) is 0 Å². The van der Waals surface area contributed by atoms with Crippen molar-refractivity contribution >= 4 is 11.9 Å². The van der Waals surface area contributed by atoms with Gasteiger partial charge < -0.3 is 10.2 Å². The van der Waals surface area contributed by atoms with Crippen LogP contribution in [0.3, 0.4) is 0 Å². The van der Waals surface area contributed by atoms with Gasteiger partial charge in [-0.3, -0.25) is 9.59 Å². The molecule has 1 unspecified atom stereocenters. The first-order valence-corrected chi connectivity index (χ1v) is 6.07. The van der Waals surface area contributed by atoms with Gasteiger partial charge in [0.05, 0.1) is 12.3 Å². The van der Waals surface area contributed by atoms with Gasteiger partial charge in [0, 0.05) is 0 Å². The van der Waals surface area contributed by atoms with E-state index in [4.69, 9.17) is 5.11 Å². The number of rotatable bonds is 6. The maximum atomic E-state index is 11.4. The highest BCUT2D eigenvalue weighted by Crippen LogP contribution is 2.51. The fraction of sp³-hybridized carbons (Fsp3) is 0.846. The number of carboxylic acids is 2. The van der Waals surface area contributed by atoms with Crippen LogP contribution in [0.15, 0.2) is 0 Å². The molecule has 0 bridgehead atoms. The smallest absolute Gasteiger partial charge is 0.307 e. The van der Waals surface area contributed by atoms with Crippen LogP contribution in [0.5, 0.6) is 0 Å². The summed E-state index contributed by atoms with van der Waals surface area (Å²) in [4.78, 5) is 22.2. The van der Waals surface area contributed by atoms with Crippen LogP contribution in [0.4, 0.5) is 0 Å². The van der Waals surface area contributed by atoms with Crippen LogP contribution in [-0.2, 0) is 9.59 Å². The second-order valence-corrected chi connectivity index (χ2v) is 5.60. The van der Waals surface area contributed by atoms with Gasteiger partial charge in [-0.25, -0.2) is 0 Å². The van der Waals surface area contributed by atoms with Gasteiger partial charge in [0.2, 0.25) is 0 Å². The molecule has 0 rings (SSSR count). The van der Waals surface area contributed by atoms with Crippen LogP contribution >= 0.6 is 0 Å². The van der Waals surface area contributed by atoms with Crippen LogP contribution in [0.25, 0.3) is 0 Å². The van der Waals surface area contributed by atoms with Crippen molar-refractivity contribution in [2.45, 2.75) is 53.9 Å². The Morgan fingerprint density at radius 1 is 1.06 bits per heavy atom. The minimum atomic E-state index is -1.05. The molecule has 0 heterocycles. The van der Waals surface area contributed by atoms with Crippen molar-refractivity contribution in [1.82, 2.24) is 0 Å². The monoisotopic (exact) mass is 244 g/mol. The quantitative estimate of drug-likeness (QED) is 0.753. The average molecular weight is 244 g/mol. The number of aliphatic carboxylic acids is 2. The molecular weight excluding hydrogens is 220 g/mol. The van der Waals surface area contributed by atoms with Gasteiger partial charge in [0.25, 0.3) is 0 Å². The third kappa shape index (κ3) is 3.20. The lowest BCUT2D eigenvalue weighted by atomic mass is 9.56. The first-order chi connectivity index (χ1) is 7.62. The van der Waals surface area contributed by atoms with Gasteiger partial charge in [0.15, 0.2) is 0 Å². The molecule has 0 aliphatic heterocycles. The Hall–Kier alpha value is -1.06. The van der Waals surface area contributed by atoms with E-state index in [0.29, 0.717) is 12.8 Å². The second kappa shape index (κ2) is 5.52. The molecule has 0 radical (unpaired) electrons. The summed E-state index contributed by atoms with van der Waals surface area (Å²) in [7, 11) is 0. The number of carbonyl (C=O) groups is 2. The van der Waals surface area contributed by atoms with Crippen LogP contribution < -0.4 is 0 Å². The summed E-state index contributed by atoms with van der Waals surface area (Å²) < 4.78 is 0. The first kappa shape index (κ1) is 15.9. The zero-order valence-electron chi connectivity index (χ0n) is 11.4. The summed E-state index contributed by atoms with van der Waals surface area (Å²) in [6.45, 7) is 9.83. The van der Waals surface area contributed by atoms with E-state index >= 15 is 0 Å². The molecule has 0 saturated heterocycles. The highest BCUT2D eigenvalue weighted by molar-refractivity contribution is 5.78. The molecule has 0 amide bonds. The van der Waals surface area contributed by atoms with E-state index in [1.165, 1.54) is 0 Å². The lowest BCUT2D eigenvalue weighted by Gasteiger charge is -2.47. The third-order valence-corrected chi connectivity index (χ3v) is 4.10. The van der Waals surface area contributed by atoms with Crippen LogP contribution in [0, 0.1) is 16.7 Å². The Morgan fingerprint density at radius 2 is 1.47 bits per heavy atom. The molecule has 2 N–H and O–H groups in total. The van der Waals surface area contributed by atoms with E-state index in [9.17, 15) is 14.7 Å². The molecule has 0 aromatic heterocycles. The summed E-state index contributed by atoms with van der Waals surface area (Å²) >= 11 is 0. The molecule has 4 nitrogen and oxygen atoms in total.